The highest BCUT2D eigenvalue weighted by Crippen LogP contribution is 2.34. The van der Waals surface area contributed by atoms with Gasteiger partial charge in [0, 0.05) is 13.2 Å². The number of anilines is 1. The van der Waals surface area contributed by atoms with Gasteiger partial charge in [0.15, 0.2) is 0 Å². The van der Waals surface area contributed by atoms with E-state index in [1.54, 1.807) is 24.0 Å². The van der Waals surface area contributed by atoms with Gasteiger partial charge in [-0.3, -0.25) is 19.2 Å². The number of aromatic nitrogens is 3. The Morgan fingerprint density at radius 2 is 1.95 bits per heavy atom. The first-order valence-electron chi connectivity index (χ1n) is 6.30. The van der Waals surface area contributed by atoms with Crippen molar-refractivity contribution in [2.75, 3.05) is 4.90 Å². The Labute approximate surface area is 116 Å². The lowest BCUT2D eigenvalue weighted by atomic mass is 10.0. The molecular weight excluding hydrogens is 256 g/mol. The maximum atomic E-state index is 12.2. The van der Waals surface area contributed by atoms with Crippen molar-refractivity contribution >= 4 is 17.4 Å². The first kappa shape index (κ1) is 12.5. The summed E-state index contributed by atoms with van der Waals surface area (Å²) < 4.78 is 1.57. The Morgan fingerprint density at radius 1 is 1.20 bits per heavy atom. The molecule has 0 saturated heterocycles. The van der Waals surface area contributed by atoms with Gasteiger partial charge in [0.1, 0.15) is 5.69 Å². The number of nitrogens with zero attached hydrogens (tertiary/aromatic N) is 4. The minimum Gasteiger partial charge on any atom is -0.298 e. The lowest BCUT2D eigenvalue weighted by Gasteiger charge is -2.18. The zero-order valence-electron chi connectivity index (χ0n) is 11.5. The predicted molar refractivity (Wildman–Crippen MR) is 72.4 cm³/mol. The number of rotatable bonds is 2. The molecule has 20 heavy (non-hydrogen) atoms. The summed E-state index contributed by atoms with van der Waals surface area (Å²) in [4.78, 5) is 25.7. The molecule has 0 bridgehead atoms. The second-order valence-electron chi connectivity index (χ2n) is 5.01. The Kier molecular flexibility index (Phi) is 2.67. The molecule has 1 aliphatic rings. The molecule has 0 spiro atoms. The maximum absolute atomic E-state index is 12.2. The van der Waals surface area contributed by atoms with E-state index in [1.165, 1.54) is 4.90 Å². The van der Waals surface area contributed by atoms with E-state index in [4.69, 9.17) is 0 Å². The van der Waals surface area contributed by atoms with Crippen LogP contribution in [0.4, 0.5) is 5.69 Å². The van der Waals surface area contributed by atoms with Crippen molar-refractivity contribution in [2.45, 2.75) is 20.4 Å². The molecule has 0 atom stereocenters. The van der Waals surface area contributed by atoms with E-state index in [9.17, 15) is 9.59 Å². The van der Waals surface area contributed by atoms with Crippen LogP contribution in [-0.4, -0.2) is 26.7 Å². The molecule has 0 saturated carbocycles. The number of Topliss-reactive ketones (excluding diaryl/α,β-unsaturated/α-hetero) is 1. The highest BCUT2D eigenvalue weighted by molar-refractivity contribution is 6.52. The fourth-order valence-corrected chi connectivity index (χ4v) is 2.45. The van der Waals surface area contributed by atoms with Crippen LogP contribution in [0.1, 0.15) is 27.2 Å². The zero-order chi connectivity index (χ0) is 14.4. The molecule has 0 aliphatic carbocycles. The Bertz CT molecular complexity index is 733. The fraction of sp³-hybridized carbons (Fsp3) is 0.286. The molecule has 102 valence electrons. The Hall–Kier alpha value is -2.50. The summed E-state index contributed by atoms with van der Waals surface area (Å²) in [7, 11) is 1.76. The number of carbonyl (C=O) groups is 2. The Morgan fingerprint density at radius 3 is 2.60 bits per heavy atom. The smallest absolute Gasteiger partial charge is 0.298 e. The van der Waals surface area contributed by atoms with Crippen molar-refractivity contribution < 1.29 is 9.59 Å². The van der Waals surface area contributed by atoms with Gasteiger partial charge in [-0.05, 0) is 31.0 Å². The number of amides is 1. The topological polar surface area (TPSA) is 68.1 Å². The molecule has 1 amide bonds. The van der Waals surface area contributed by atoms with Crippen LogP contribution in [0.15, 0.2) is 18.3 Å². The third kappa shape index (κ3) is 1.72. The SMILES string of the molecule is Cc1ccc2c(c1C)N(Cc1cn(C)nn1)C(=O)C2=O. The minimum atomic E-state index is -0.501. The molecule has 0 unspecified atom stereocenters. The molecule has 6 heteroatoms. The first-order valence-corrected chi connectivity index (χ1v) is 6.30. The molecule has 1 aliphatic heterocycles. The van der Waals surface area contributed by atoms with Gasteiger partial charge in [-0.2, -0.15) is 0 Å². The average molecular weight is 270 g/mol. The molecule has 1 aromatic carbocycles. The van der Waals surface area contributed by atoms with Crippen LogP contribution >= 0.6 is 0 Å². The van der Waals surface area contributed by atoms with Crippen LogP contribution in [0.3, 0.4) is 0 Å². The maximum Gasteiger partial charge on any atom is 0.299 e. The normalized spacial score (nSPS) is 14.1. The van der Waals surface area contributed by atoms with Crippen molar-refractivity contribution in [2.24, 2.45) is 7.05 Å². The van der Waals surface area contributed by atoms with E-state index in [0.29, 0.717) is 16.9 Å². The molecular formula is C14H14N4O2. The van der Waals surface area contributed by atoms with E-state index in [0.717, 1.165) is 11.1 Å². The van der Waals surface area contributed by atoms with E-state index < -0.39 is 11.7 Å². The first-order chi connectivity index (χ1) is 9.49. The van der Waals surface area contributed by atoms with Crippen LogP contribution < -0.4 is 4.90 Å². The number of ketones is 1. The highest BCUT2D eigenvalue weighted by atomic mass is 16.2. The lowest BCUT2D eigenvalue weighted by Crippen LogP contribution is -2.29. The third-order valence-corrected chi connectivity index (χ3v) is 3.63. The van der Waals surface area contributed by atoms with Crippen molar-refractivity contribution in [3.8, 4) is 0 Å². The summed E-state index contributed by atoms with van der Waals surface area (Å²) in [5, 5.41) is 7.81. The standard InChI is InChI=1S/C14H14N4O2/c1-8-4-5-11-12(9(8)2)18(14(20)13(11)19)7-10-6-17(3)16-15-10/h4-6H,7H2,1-3H3. The van der Waals surface area contributed by atoms with Gasteiger partial charge in [0.2, 0.25) is 0 Å². The van der Waals surface area contributed by atoms with Gasteiger partial charge in [0.05, 0.1) is 17.8 Å². The number of aryl methyl sites for hydroxylation is 2. The van der Waals surface area contributed by atoms with Crippen LogP contribution in [0.5, 0.6) is 0 Å². The molecule has 0 fully saturated rings. The lowest BCUT2D eigenvalue weighted by molar-refractivity contribution is -0.114. The van der Waals surface area contributed by atoms with Gasteiger partial charge in [-0.15, -0.1) is 5.10 Å². The second-order valence-corrected chi connectivity index (χ2v) is 5.01. The van der Waals surface area contributed by atoms with Gasteiger partial charge >= 0.3 is 0 Å². The van der Waals surface area contributed by atoms with Gasteiger partial charge < -0.3 is 0 Å². The van der Waals surface area contributed by atoms with Crippen molar-refractivity contribution in [3.05, 3.63) is 40.7 Å². The Balaban J connectivity index is 2.07. The summed E-state index contributed by atoms with van der Waals surface area (Å²) in [5.41, 5.74) is 3.83. The summed E-state index contributed by atoms with van der Waals surface area (Å²) in [6.45, 7) is 4.14. The van der Waals surface area contributed by atoms with E-state index in [-0.39, 0.29) is 6.54 Å². The molecule has 1 aromatic heterocycles. The van der Waals surface area contributed by atoms with E-state index in [2.05, 4.69) is 10.3 Å². The third-order valence-electron chi connectivity index (χ3n) is 3.63. The largest absolute Gasteiger partial charge is 0.299 e. The molecule has 3 rings (SSSR count). The average Bonchev–Trinajstić information content (AvgIpc) is 2.92. The predicted octanol–water partition coefficient (Wildman–Crippen LogP) is 1.16. The molecule has 2 aromatic rings. The van der Waals surface area contributed by atoms with Crippen LogP contribution in [-0.2, 0) is 18.4 Å². The van der Waals surface area contributed by atoms with Gasteiger partial charge in [0.25, 0.3) is 11.7 Å². The molecule has 0 radical (unpaired) electrons. The van der Waals surface area contributed by atoms with Crippen LogP contribution in [0.2, 0.25) is 0 Å². The molecule has 2 heterocycles. The summed E-state index contributed by atoms with van der Waals surface area (Å²) in [6, 6.07) is 3.58. The number of hydrogen-bond donors (Lipinski definition) is 0. The second kappa shape index (κ2) is 4.26. The zero-order valence-corrected chi connectivity index (χ0v) is 11.5. The number of fused-ring (bicyclic) bond motifs is 1. The van der Waals surface area contributed by atoms with Gasteiger partial charge in [-0.1, -0.05) is 11.3 Å². The van der Waals surface area contributed by atoms with Gasteiger partial charge in [-0.25, -0.2) is 0 Å². The highest BCUT2D eigenvalue weighted by Gasteiger charge is 2.37. The van der Waals surface area contributed by atoms with Crippen LogP contribution in [0, 0.1) is 13.8 Å². The van der Waals surface area contributed by atoms with E-state index >= 15 is 0 Å². The van der Waals surface area contributed by atoms with Crippen molar-refractivity contribution in [1.82, 2.24) is 15.0 Å². The number of hydrogen-bond acceptors (Lipinski definition) is 4. The monoisotopic (exact) mass is 270 g/mol. The summed E-state index contributed by atoms with van der Waals surface area (Å²) >= 11 is 0. The van der Waals surface area contributed by atoms with E-state index in [1.807, 2.05) is 19.9 Å². The number of carbonyl (C=O) groups excluding carboxylic acids is 2. The van der Waals surface area contributed by atoms with Crippen molar-refractivity contribution in [1.29, 1.82) is 0 Å². The molecule has 6 nitrogen and oxygen atoms in total. The summed E-state index contributed by atoms with van der Waals surface area (Å²) in [5.74, 6) is -0.952. The quantitative estimate of drug-likeness (QED) is 0.768. The molecule has 0 N–H and O–H groups in total. The minimum absolute atomic E-state index is 0.260. The van der Waals surface area contributed by atoms with Crippen molar-refractivity contribution in [3.63, 3.8) is 0 Å². The number of benzene rings is 1. The van der Waals surface area contributed by atoms with Crippen LogP contribution in [0.25, 0.3) is 0 Å². The summed E-state index contributed by atoms with van der Waals surface area (Å²) in [6.07, 6.45) is 1.74. The fourth-order valence-electron chi connectivity index (χ4n) is 2.45.